The van der Waals surface area contributed by atoms with Crippen molar-refractivity contribution in [2.75, 3.05) is 5.73 Å². The van der Waals surface area contributed by atoms with Crippen molar-refractivity contribution in [3.63, 3.8) is 0 Å². The van der Waals surface area contributed by atoms with Crippen LogP contribution in [0.25, 0.3) is 0 Å². The standard InChI is InChI=1S/C14H13BrFNO/c1-9(10-2-5-12(17)6-3-10)18-14-7-4-11(15)8-13(14)16/h2-9H,17H2,1H3. The number of halogens is 2. The SMILES string of the molecule is CC(Oc1ccc(Br)cc1F)c1ccc(N)cc1. The van der Waals surface area contributed by atoms with E-state index in [-0.39, 0.29) is 17.7 Å². The van der Waals surface area contributed by atoms with Crippen LogP contribution in [0.1, 0.15) is 18.6 Å². The van der Waals surface area contributed by atoms with Crippen molar-refractivity contribution >= 4 is 21.6 Å². The molecule has 0 bridgehead atoms. The molecule has 0 heterocycles. The Bertz CT molecular complexity index is 542. The van der Waals surface area contributed by atoms with Crippen molar-refractivity contribution in [2.45, 2.75) is 13.0 Å². The second-order valence-electron chi connectivity index (χ2n) is 4.00. The maximum Gasteiger partial charge on any atom is 0.166 e. The third-order valence-corrected chi connectivity index (χ3v) is 3.10. The van der Waals surface area contributed by atoms with Gasteiger partial charge in [0, 0.05) is 10.2 Å². The number of hydrogen-bond donors (Lipinski definition) is 1. The molecule has 0 aromatic heterocycles. The Hall–Kier alpha value is -1.55. The Morgan fingerprint density at radius 2 is 1.83 bits per heavy atom. The Labute approximate surface area is 114 Å². The summed E-state index contributed by atoms with van der Waals surface area (Å²) in [6.07, 6.45) is -0.235. The minimum Gasteiger partial charge on any atom is -0.483 e. The van der Waals surface area contributed by atoms with E-state index < -0.39 is 0 Å². The van der Waals surface area contributed by atoms with Crippen LogP contribution < -0.4 is 10.5 Å². The molecule has 1 unspecified atom stereocenters. The number of anilines is 1. The largest absolute Gasteiger partial charge is 0.483 e. The summed E-state index contributed by atoms with van der Waals surface area (Å²) in [5.41, 5.74) is 7.26. The lowest BCUT2D eigenvalue weighted by atomic mass is 10.1. The second-order valence-corrected chi connectivity index (χ2v) is 4.92. The molecule has 0 spiro atoms. The van der Waals surface area contributed by atoms with Crippen LogP contribution in [-0.2, 0) is 0 Å². The van der Waals surface area contributed by atoms with E-state index in [4.69, 9.17) is 10.5 Å². The average molecular weight is 310 g/mol. The van der Waals surface area contributed by atoms with Gasteiger partial charge in [-0.3, -0.25) is 0 Å². The fourth-order valence-electron chi connectivity index (χ4n) is 1.60. The van der Waals surface area contributed by atoms with Gasteiger partial charge >= 0.3 is 0 Å². The van der Waals surface area contributed by atoms with Crippen LogP contribution in [0.3, 0.4) is 0 Å². The molecule has 0 saturated carbocycles. The fourth-order valence-corrected chi connectivity index (χ4v) is 1.93. The van der Waals surface area contributed by atoms with Gasteiger partial charge in [-0.2, -0.15) is 0 Å². The van der Waals surface area contributed by atoms with E-state index in [9.17, 15) is 4.39 Å². The van der Waals surface area contributed by atoms with Crippen LogP contribution in [0, 0.1) is 5.82 Å². The third kappa shape index (κ3) is 3.01. The molecule has 2 nitrogen and oxygen atoms in total. The molecule has 0 aliphatic heterocycles. The summed E-state index contributed by atoms with van der Waals surface area (Å²) in [5.74, 6) is -0.144. The highest BCUT2D eigenvalue weighted by molar-refractivity contribution is 9.10. The summed E-state index contributed by atoms with van der Waals surface area (Å²) in [4.78, 5) is 0. The monoisotopic (exact) mass is 309 g/mol. The van der Waals surface area contributed by atoms with Crippen LogP contribution in [0.2, 0.25) is 0 Å². The zero-order valence-corrected chi connectivity index (χ0v) is 11.4. The summed E-state index contributed by atoms with van der Waals surface area (Å²) in [7, 11) is 0. The lowest BCUT2D eigenvalue weighted by molar-refractivity contribution is 0.216. The summed E-state index contributed by atoms with van der Waals surface area (Å²) in [6, 6.07) is 12.1. The molecular formula is C14H13BrFNO. The van der Waals surface area contributed by atoms with E-state index in [1.807, 2.05) is 19.1 Å². The van der Waals surface area contributed by atoms with Gasteiger partial charge in [0.1, 0.15) is 6.10 Å². The van der Waals surface area contributed by atoms with Crippen molar-refractivity contribution in [3.8, 4) is 5.75 Å². The van der Waals surface area contributed by atoms with Crippen LogP contribution in [0.5, 0.6) is 5.75 Å². The topological polar surface area (TPSA) is 35.2 Å². The molecular weight excluding hydrogens is 297 g/mol. The van der Waals surface area contributed by atoms with E-state index in [0.29, 0.717) is 10.2 Å². The van der Waals surface area contributed by atoms with E-state index in [0.717, 1.165) is 5.56 Å². The zero-order chi connectivity index (χ0) is 13.1. The number of ether oxygens (including phenoxy) is 1. The number of rotatable bonds is 3. The van der Waals surface area contributed by atoms with Crippen molar-refractivity contribution in [1.29, 1.82) is 0 Å². The normalized spacial score (nSPS) is 12.2. The molecule has 4 heteroatoms. The molecule has 94 valence electrons. The molecule has 2 aromatic rings. The van der Waals surface area contributed by atoms with E-state index in [1.54, 1.807) is 24.3 Å². The van der Waals surface area contributed by atoms with Crippen LogP contribution in [0.4, 0.5) is 10.1 Å². The van der Waals surface area contributed by atoms with Gasteiger partial charge in [-0.25, -0.2) is 4.39 Å². The fraction of sp³-hybridized carbons (Fsp3) is 0.143. The van der Waals surface area contributed by atoms with Crippen LogP contribution >= 0.6 is 15.9 Å². The molecule has 0 saturated heterocycles. The molecule has 0 fully saturated rings. The molecule has 18 heavy (non-hydrogen) atoms. The number of nitrogen functional groups attached to an aromatic ring is 1. The summed E-state index contributed by atoms with van der Waals surface area (Å²) in [6.45, 7) is 1.87. The number of nitrogens with two attached hydrogens (primary N) is 1. The second kappa shape index (κ2) is 5.40. The maximum absolute atomic E-state index is 13.6. The maximum atomic E-state index is 13.6. The molecule has 0 aliphatic carbocycles. The Morgan fingerprint density at radius 1 is 1.17 bits per heavy atom. The number of hydrogen-bond acceptors (Lipinski definition) is 2. The van der Waals surface area contributed by atoms with Crippen molar-refractivity contribution < 1.29 is 9.13 Å². The first-order valence-corrected chi connectivity index (χ1v) is 6.32. The average Bonchev–Trinajstić information content (AvgIpc) is 2.33. The van der Waals surface area contributed by atoms with Gasteiger partial charge in [0.15, 0.2) is 11.6 Å². The minimum atomic E-state index is -0.383. The molecule has 0 amide bonds. The van der Waals surface area contributed by atoms with Gasteiger partial charge in [0.2, 0.25) is 0 Å². The van der Waals surface area contributed by atoms with E-state index >= 15 is 0 Å². The molecule has 2 aromatic carbocycles. The predicted molar refractivity (Wildman–Crippen MR) is 74.0 cm³/mol. The molecule has 2 N–H and O–H groups in total. The van der Waals surface area contributed by atoms with Gasteiger partial charge in [-0.15, -0.1) is 0 Å². The van der Waals surface area contributed by atoms with Gasteiger partial charge in [-0.1, -0.05) is 28.1 Å². The Morgan fingerprint density at radius 3 is 2.44 bits per heavy atom. The summed E-state index contributed by atoms with van der Waals surface area (Å²) < 4.78 is 19.9. The molecule has 2 rings (SSSR count). The van der Waals surface area contributed by atoms with Gasteiger partial charge in [0.05, 0.1) is 0 Å². The Balaban J connectivity index is 2.15. The van der Waals surface area contributed by atoms with Gasteiger partial charge in [-0.05, 0) is 42.8 Å². The van der Waals surface area contributed by atoms with E-state index in [1.165, 1.54) is 6.07 Å². The van der Waals surface area contributed by atoms with Crippen molar-refractivity contribution in [2.24, 2.45) is 0 Å². The smallest absolute Gasteiger partial charge is 0.166 e. The van der Waals surface area contributed by atoms with Crippen molar-refractivity contribution in [1.82, 2.24) is 0 Å². The van der Waals surface area contributed by atoms with Crippen LogP contribution in [-0.4, -0.2) is 0 Å². The van der Waals surface area contributed by atoms with E-state index in [2.05, 4.69) is 15.9 Å². The summed E-state index contributed by atoms with van der Waals surface area (Å²) in [5, 5.41) is 0. The lowest BCUT2D eigenvalue weighted by Gasteiger charge is -2.15. The Kier molecular flexibility index (Phi) is 3.87. The first-order chi connectivity index (χ1) is 8.56. The highest BCUT2D eigenvalue weighted by Crippen LogP contribution is 2.26. The lowest BCUT2D eigenvalue weighted by Crippen LogP contribution is -2.04. The zero-order valence-electron chi connectivity index (χ0n) is 9.86. The van der Waals surface area contributed by atoms with Gasteiger partial charge in [0.25, 0.3) is 0 Å². The molecule has 0 radical (unpaired) electrons. The van der Waals surface area contributed by atoms with Gasteiger partial charge < -0.3 is 10.5 Å². The summed E-state index contributed by atoms with van der Waals surface area (Å²) >= 11 is 3.21. The van der Waals surface area contributed by atoms with Crippen LogP contribution in [0.15, 0.2) is 46.9 Å². The number of benzene rings is 2. The molecule has 1 atom stereocenters. The molecule has 0 aliphatic rings. The van der Waals surface area contributed by atoms with Crippen molar-refractivity contribution in [3.05, 3.63) is 58.3 Å². The quantitative estimate of drug-likeness (QED) is 0.857. The highest BCUT2D eigenvalue weighted by Gasteiger charge is 2.10. The first kappa shape index (κ1) is 12.9. The predicted octanol–water partition coefficient (Wildman–Crippen LogP) is 4.31. The third-order valence-electron chi connectivity index (χ3n) is 2.60. The minimum absolute atomic E-state index is 0.235. The first-order valence-electron chi connectivity index (χ1n) is 5.53. The highest BCUT2D eigenvalue weighted by atomic mass is 79.9.